The Morgan fingerprint density at radius 3 is 2.30 bits per heavy atom. The summed E-state index contributed by atoms with van der Waals surface area (Å²) in [5, 5.41) is 0. The zero-order chi connectivity index (χ0) is 13.9. The normalized spacial score (nSPS) is 16.4. The molecule has 0 heterocycles. The van der Waals surface area contributed by atoms with Gasteiger partial charge in [-0.05, 0) is 29.9 Å². The number of nitrogens with two attached hydrogens (primary N) is 1. The highest BCUT2D eigenvalue weighted by Crippen LogP contribution is 2.38. The van der Waals surface area contributed by atoms with Gasteiger partial charge in [-0.25, -0.2) is 0 Å². The molecule has 1 fully saturated rings. The summed E-state index contributed by atoms with van der Waals surface area (Å²) in [4.78, 5) is 12.7. The van der Waals surface area contributed by atoms with Crippen LogP contribution < -0.4 is 5.73 Å². The summed E-state index contributed by atoms with van der Waals surface area (Å²) < 4.78 is 0. The van der Waals surface area contributed by atoms with Crippen LogP contribution in [0.4, 0.5) is 0 Å². The molecule has 2 heteroatoms. The van der Waals surface area contributed by atoms with Crippen molar-refractivity contribution < 1.29 is 4.79 Å². The molecule has 1 atom stereocenters. The lowest BCUT2D eigenvalue weighted by atomic mass is 9.77. The Morgan fingerprint density at radius 2 is 1.65 bits per heavy atom. The second kappa shape index (κ2) is 5.59. The Morgan fingerprint density at radius 1 is 1.00 bits per heavy atom. The zero-order valence-electron chi connectivity index (χ0n) is 11.5. The van der Waals surface area contributed by atoms with Crippen molar-refractivity contribution in [2.75, 3.05) is 0 Å². The van der Waals surface area contributed by atoms with Crippen LogP contribution in [-0.4, -0.2) is 5.78 Å². The monoisotopic (exact) mass is 265 g/mol. The first-order valence-corrected chi connectivity index (χ1v) is 7.21. The maximum atomic E-state index is 12.7. The molecule has 1 aliphatic carbocycles. The molecule has 1 unspecified atom stereocenters. The highest BCUT2D eigenvalue weighted by molar-refractivity contribution is 6.01. The molecule has 1 saturated carbocycles. The molecule has 2 N–H and O–H groups in total. The summed E-state index contributed by atoms with van der Waals surface area (Å²) in [7, 11) is 0. The van der Waals surface area contributed by atoms with Crippen LogP contribution in [0.15, 0.2) is 54.6 Å². The van der Waals surface area contributed by atoms with Crippen LogP contribution in [0.1, 0.15) is 52.7 Å². The summed E-state index contributed by atoms with van der Waals surface area (Å²) in [5.74, 6) is 0.567. The van der Waals surface area contributed by atoms with Gasteiger partial charge in [0.05, 0.1) is 6.04 Å². The van der Waals surface area contributed by atoms with Gasteiger partial charge < -0.3 is 5.73 Å². The summed E-state index contributed by atoms with van der Waals surface area (Å²) in [6.07, 6.45) is 3.63. The second-order valence-corrected chi connectivity index (χ2v) is 5.47. The fraction of sp³-hybridized carbons (Fsp3) is 0.278. The fourth-order valence-electron chi connectivity index (χ4n) is 2.78. The quantitative estimate of drug-likeness (QED) is 0.854. The average molecular weight is 265 g/mol. The molecule has 1 aliphatic rings. The smallest absolute Gasteiger partial charge is 0.184 e. The first-order valence-electron chi connectivity index (χ1n) is 7.21. The van der Waals surface area contributed by atoms with E-state index in [0.717, 1.165) is 11.1 Å². The molecule has 0 aliphatic heterocycles. The summed E-state index contributed by atoms with van der Waals surface area (Å²) in [6, 6.07) is 16.9. The maximum absolute atomic E-state index is 12.7. The summed E-state index contributed by atoms with van der Waals surface area (Å²) >= 11 is 0. The number of benzene rings is 2. The van der Waals surface area contributed by atoms with E-state index in [9.17, 15) is 4.79 Å². The van der Waals surface area contributed by atoms with Crippen LogP contribution in [-0.2, 0) is 0 Å². The molecule has 2 nitrogen and oxygen atoms in total. The van der Waals surface area contributed by atoms with Gasteiger partial charge in [0.25, 0.3) is 0 Å². The van der Waals surface area contributed by atoms with E-state index in [1.54, 1.807) is 0 Å². The lowest BCUT2D eigenvalue weighted by molar-refractivity contribution is 0.0959. The molecule has 0 spiro atoms. The van der Waals surface area contributed by atoms with Crippen molar-refractivity contribution >= 4 is 5.78 Å². The SMILES string of the molecule is NC(C(=O)c1ccccc1C1CCC1)c1ccccc1. The lowest BCUT2D eigenvalue weighted by Crippen LogP contribution is -2.24. The highest BCUT2D eigenvalue weighted by Gasteiger charge is 2.26. The number of carbonyl (C=O) groups is 1. The van der Waals surface area contributed by atoms with Crippen molar-refractivity contribution in [1.29, 1.82) is 0 Å². The van der Waals surface area contributed by atoms with E-state index >= 15 is 0 Å². The average Bonchev–Trinajstić information content (AvgIpc) is 2.45. The Balaban J connectivity index is 1.91. The zero-order valence-corrected chi connectivity index (χ0v) is 11.5. The second-order valence-electron chi connectivity index (χ2n) is 5.47. The predicted molar refractivity (Wildman–Crippen MR) is 80.7 cm³/mol. The van der Waals surface area contributed by atoms with Gasteiger partial charge in [-0.1, -0.05) is 61.0 Å². The molecule has 102 valence electrons. The maximum Gasteiger partial charge on any atom is 0.184 e. The number of Topliss-reactive ketones (excluding diaryl/α,β-unsaturated/α-hetero) is 1. The van der Waals surface area contributed by atoms with Crippen LogP contribution in [0, 0.1) is 0 Å². The van der Waals surface area contributed by atoms with Gasteiger partial charge in [0.2, 0.25) is 0 Å². The van der Waals surface area contributed by atoms with E-state index < -0.39 is 6.04 Å². The third kappa shape index (κ3) is 2.39. The Labute approximate surface area is 119 Å². The van der Waals surface area contributed by atoms with E-state index in [2.05, 4.69) is 6.07 Å². The molecule has 0 bridgehead atoms. The van der Waals surface area contributed by atoms with E-state index in [1.807, 2.05) is 48.5 Å². The van der Waals surface area contributed by atoms with Crippen molar-refractivity contribution in [2.45, 2.75) is 31.2 Å². The van der Waals surface area contributed by atoms with Gasteiger partial charge in [0, 0.05) is 5.56 Å². The van der Waals surface area contributed by atoms with E-state index in [-0.39, 0.29) is 5.78 Å². The minimum Gasteiger partial charge on any atom is -0.318 e. The molecular formula is C18H19NO. The van der Waals surface area contributed by atoms with Crippen molar-refractivity contribution in [3.05, 3.63) is 71.3 Å². The van der Waals surface area contributed by atoms with Crippen molar-refractivity contribution in [3.63, 3.8) is 0 Å². The number of rotatable bonds is 4. The number of carbonyl (C=O) groups excluding carboxylic acids is 1. The molecular weight excluding hydrogens is 246 g/mol. The van der Waals surface area contributed by atoms with Crippen molar-refractivity contribution in [1.82, 2.24) is 0 Å². The number of hydrogen-bond acceptors (Lipinski definition) is 2. The Bertz CT molecular complexity index is 602. The van der Waals surface area contributed by atoms with Crippen molar-refractivity contribution in [3.8, 4) is 0 Å². The molecule has 0 radical (unpaired) electrons. The van der Waals surface area contributed by atoms with Gasteiger partial charge >= 0.3 is 0 Å². The fourth-order valence-corrected chi connectivity index (χ4v) is 2.78. The van der Waals surface area contributed by atoms with Crippen LogP contribution in [0.3, 0.4) is 0 Å². The number of hydrogen-bond donors (Lipinski definition) is 1. The van der Waals surface area contributed by atoms with E-state index in [4.69, 9.17) is 5.73 Å². The highest BCUT2D eigenvalue weighted by atomic mass is 16.1. The van der Waals surface area contributed by atoms with Crippen molar-refractivity contribution in [2.24, 2.45) is 5.73 Å². The van der Waals surface area contributed by atoms with Crippen LogP contribution >= 0.6 is 0 Å². The van der Waals surface area contributed by atoms with Crippen LogP contribution in [0.25, 0.3) is 0 Å². The third-order valence-electron chi connectivity index (χ3n) is 4.21. The summed E-state index contributed by atoms with van der Waals surface area (Å²) in [5.41, 5.74) is 9.00. The van der Waals surface area contributed by atoms with Crippen LogP contribution in [0.2, 0.25) is 0 Å². The van der Waals surface area contributed by atoms with Gasteiger partial charge in [0.15, 0.2) is 5.78 Å². The van der Waals surface area contributed by atoms with Gasteiger partial charge in [-0.15, -0.1) is 0 Å². The topological polar surface area (TPSA) is 43.1 Å². The minimum atomic E-state index is -0.572. The molecule has 3 rings (SSSR count). The van der Waals surface area contributed by atoms with Gasteiger partial charge in [0.1, 0.15) is 0 Å². The van der Waals surface area contributed by atoms with Gasteiger partial charge in [-0.3, -0.25) is 4.79 Å². The molecule has 0 saturated heterocycles. The molecule has 20 heavy (non-hydrogen) atoms. The molecule has 0 aromatic heterocycles. The predicted octanol–water partition coefficient (Wildman–Crippen LogP) is 3.84. The minimum absolute atomic E-state index is 0.0266. The molecule has 2 aromatic rings. The Kier molecular flexibility index (Phi) is 3.66. The van der Waals surface area contributed by atoms with Gasteiger partial charge in [-0.2, -0.15) is 0 Å². The molecule has 2 aromatic carbocycles. The molecule has 0 amide bonds. The Hall–Kier alpha value is -1.93. The van der Waals surface area contributed by atoms with E-state index in [1.165, 1.54) is 24.8 Å². The summed E-state index contributed by atoms with van der Waals surface area (Å²) in [6.45, 7) is 0. The largest absolute Gasteiger partial charge is 0.318 e. The first-order chi connectivity index (χ1) is 9.77. The number of ketones is 1. The standard InChI is InChI=1S/C18H19NO/c19-17(14-7-2-1-3-8-14)18(20)16-12-5-4-11-15(16)13-9-6-10-13/h1-5,7-8,11-13,17H,6,9-10,19H2. The van der Waals surface area contributed by atoms with Crippen LogP contribution in [0.5, 0.6) is 0 Å². The lowest BCUT2D eigenvalue weighted by Gasteiger charge is -2.28. The first kappa shape index (κ1) is 13.1. The third-order valence-corrected chi connectivity index (χ3v) is 4.21. The van der Waals surface area contributed by atoms with E-state index in [0.29, 0.717) is 5.92 Å².